The molecular weight excluding hydrogens is 240 g/mol. The van der Waals surface area contributed by atoms with Gasteiger partial charge in [0.1, 0.15) is 0 Å². The van der Waals surface area contributed by atoms with Gasteiger partial charge in [0.05, 0.1) is 18.2 Å². The van der Waals surface area contributed by atoms with Gasteiger partial charge in [-0.05, 0) is 39.3 Å². The van der Waals surface area contributed by atoms with E-state index in [0.29, 0.717) is 17.8 Å². The van der Waals surface area contributed by atoms with Crippen molar-refractivity contribution in [2.75, 3.05) is 46.1 Å². The number of nitrogens with one attached hydrogen (secondary N) is 1. The average Bonchev–Trinajstić information content (AvgIpc) is 2.36. The molecule has 1 aromatic rings. The van der Waals surface area contributed by atoms with Gasteiger partial charge in [0, 0.05) is 18.8 Å². The van der Waals surface area contributed by atoms with Gasteiger partial charge in [-0.1, -0.05) is 6.07 Å². The summed E-state index contributed by atoms with van der Waals surface area (Å²) in [6, 6.07) is 8.95. The molecule has 0 aliphatic heterocycles. The minimum absolute atomic E-state index is 0.0728. The lowest BCUT2D eigenvalue weighted by Crippen LogP contribution is -2.34. The van der Waals surface area contributed by atoms with Gasteiger partial charge in [-0.15, -0.1) is 0 Å². The Balaban J connectivity index is 2.44. The zero-order valence-electron chi connectivity index (χ0n) is 11.7. The molecule has 0 radical (unpaired) electrons. The molecule has 1 rings (SSSR count). The maximum atomic E-state index is 11.8. The first-order valence-corrected chi connectivity index (χ1v) is 6.14. The maximum absolute atomic E-state index is 11.8. The summed E-state index contributed by atoms with van der Waals surface area (Å²) in [5.41, 5.74) is 1.20. The molecular formula is C14H20N4O. The van der Waals surface area contributed by atoms with Crippen LogP contribution in [0.5, 0.6) is 0 Å². The fourth-order valence-corrected chi connectivity index (χ4v) is 1.56. The van der Waals surface area contributed by atoms with Crippen LogP contribution in [0, 0.1) is 11.3 Å². The molecule has 1 aromatic carbocycles. The molecule has 102 valence electrons. The normalized spacial score (nSPS) is 10.5. The third-order valence-corrected chi connectivity index (χ3v) is 2.62. The monoisotopic (exact) mass is 260 g/mol. The number of rotatable bonds is 6. The number of nitrogens with zero attached hydrogens (tertiary/aromatic N) is 3. The first kappa shape index (κ1) is 15.2. The molecule has 0 fully saturated rings. The van der Waals surface area contributed by atoms with E-state index in [1.54, 1.807) is 24.3 Å². The summed E-state index contributed by atoms with van der Waals surface area (Å²) < 4.78 is 0. The molecule has 0 saturated carbocycles. The van der Waals surface area contributed by atoms with Crippen molar-refractivity contribution < 1.29 is 4.79 Å². The molecule has 1 N–H and O–H groups in total. The number of nitriles is 1. The SMILES string of the molecule is CN(C)CCN(C)CC(=O)Nc1cccc(C#N)c1. The molecule has 1 amide bonds. The van der Waals surface area contributed by atoms with Gasteiger partial charge in [0.2, 0.25) is 5.91 Å². The Hall–Kier alpha value is -1.90. The van der Waals surface area contributed by atoms with Crippen molar-refractivity contribution in [2.24, 2.45) is 0 Å². The van der Waals surface area contributed by atoms with Crippen molar-refractivity contribution in [1.82, 2.24) is 9.80 Å². The highest BCUT2D eigenvalue weighted by Crippen LogP contribution is 2.09. The number of hydrogen-bond acceptors (Lipinski definition) is 4. The molecule has 0 aliphatic carbocycles. The molecule has 5 heteroatoms. The van der Waals surface area contributed by atoms with Gasteiger partial charge in [-0.25, -0.2) is 0 Å². The van der Waals surface area contributed by atoms with E-state index in [2.05, 4.69) is 10.2 Å². The van der Waals surface area contributed by atoms with Crippen LogP contribution in [0.25, 0.3) is 0 Å². The average molecular weight is 260 g/mol. The van der Waals surface area contributed by atoms with Crippen LogP contribution in [-0.2, 0) is 4.79 Å². The van der Waals surface area contributed by atoms with Gasteiger partial charge in [-0.3, -0.25) is 9.69 Å². The van der Waals surface area contributed by atoms with Gasteiger partial charge >= 0.3 is 0 Å². The molecule has 0 spiro atoms. The van der Waals surface area contributed by atoms with Crippen molar-refractivity contribution >= 4 is 11.6 Å². The number of anilines is 1. The molecule has 0 aromatic heterocycles. The first-order chi connectivity index (χ1) is 9.01. The largest absolute Gasteiger partial charge is 0.325 e. The van der Waals surface area contributed by atoms with Crippen LogP contribution in [-0.4, -0.2) is 56.5 Å². The maximum Gasteiger partial charge on any atom is 0.238 e. The summed E-state index contributed by atoms with van der Waals surface area (Å²) in [6.07, 6.45) is 0. The number of hydrogen-bond donors (Lipinski definition) is 1. The minimum atomic E-state index is -0.0728. The van der Waals surface area contributed by atoms with E-state index in [0.717, 1.165) is 13.1 Å². The molecule has 0 aliphatic rings. The van der Waals surface area contributed by atoms with Crippen LogP contribution in [0.2, 0.25) is 0 Å². The highest BCUT2D eigenvalue weighted by Gasteiger charge is 2.07. The first-order valence-electron chi connectivity index (χ1n) is 6.14. The molecule has 19 heavy (non-hydrogen) atoms. The van der Waals surface area contributed by atoms with Gasteiger partial charge in [0.25, 0.3) is 0 Å². The summed E-state index contributed by atoms with van der Waals surface area (Å²) in [6.45, 7) is 2.08. The Morgan fingerprint density at radius 1 is 1.32 bits per heavy atom. The number of benzene rings is 1. The van der Waals surface area contributed by atoms with E-state index < -0.39 is 0 Å². The van der Waals surface area contributed by atoms with Crippen molar-refractivity contribution in [2.45, 2.75) is 0 Å². The lowest BCUT2D eigenvalue weighted by Gasteiger charge is -2.18. The fraction of sp³-hybridized carbons (Fsp3) is 0.429. The molecule has 0 bridgehead atoms. The predicted molar refractivity (Wildman–Crippen MR) is 75.8 cm³/mol. The summed E-state index contributed by atoms with van der Waals surface area (Å²) in [7, 11) is 5.91. The van der Waals surface area contributed by atoms with Crippen LogP contribution in [0.4, 0.5) is 5.69 Å². The van der Waals surface area contributed by atoms with Crippen molar-refractivity contribution in [3.8, 4) is 6.07 Å². The molecule has 5 nitrogen and oxygen atoms in total. The lowest BCUT2D eigenvalue weighted by atomic mass is 10.2. The highest BCUT2D eigenvalue weighted by atomic mass is 16.2. The van der Waals surface area contributed by atoms with E-state index in [-0.39, 0.29) is 5.91 Å². The second-order valence-electron chi connectivity index (χ2n) is 4.78. The fourth-order valence-electron chi connectivity index (χ4n) is 1.56. The quantitative estimate of drug-likeness (QED) is 0.828. The molecule has 0 saturated heterocycles. The van der Waals surface area contributed by atoms with Crippen LogP contribution in [0.15, 0.2) is 24.3 Å². The molecule has 0 atom stereocenters. The van der Waals surface area contributed by atoms with E-state index in [1.165, 1.54) is 0 Å². The van der Waals surface area contributed by atoms with E-state index in [1.807, 2.05) is 32.1 Å². The van der Waals surface area contributed by atoms with E-state index in [9.17, 15) is 4.79 Å². The standard InChI is InChI=1S/C14H20N4O/c1-17(2)7-8-18(3)11-14(19)16-13-6-4-5-12(9-13)10-15/h4-6,9H,7-8,11H2,1-3H3,(H,16,19). The number of carbonyl (C=O) groups excluding carboxylic acids is 1. The zero-order chi connectivity index (χ0) is 14.3. The highest BCUT2D eigenvalue weighted by molar-refractivity contribution is 5.92. The van der Waals surface area contributed by atoms with Crippen LogP contribution < -0.4 is 5.32 Å². The molecule has 0 heterocycles. The second-order valence-corrected chi connectivity index (χ2v) is 4.78. The van der Waals surface area contributed by atoms with Gasteiger partial charge in [0.15, 0.2) is 0 Å². The van der Waals surface area contributed by atoms with Crippen molar-refractivity contribution in [3.05, 3.63) is 29.8 Å². The van der Waals surface area contributed by atoms with E-state index in [4.69, 9.17) is 5.26 Å². The lowest BCUT2D eigenvalue weighted by molar-refractivity contribution is -0.117. The summed E-state index contributed by atoms with van der Waals surface area (Å²) in [5, 5.41) is 11.6. The van der Waals surface area contributed by atoms with Crippen molar-refractivity contribution in [1.29, 1.82) is 5.26 Å². The Labute approximate surface area is 114 Å². The zero-order valence-corrected chi connectivity index (χ0v) is 11.7. The topological polar surface area (TPSA) is 59.4 Å². The second kappa shape index (κ2) is 7.52. The summed E-state index contributed by atoms with van der Waals surface area (Å²) in [4.78, 5) is 15.9. The molecule has 0 unspecified atom stereocenters. The number of likely N-dealkylation sites (N-methyl/N-ethyl adjacent to an activating group) is 2. The minimum Gasteiger partial charge on any atom is -0.325 e. The number of carbonyl (C=O) groups is 1. The van der Waals surface area contributed by atoms with Crippen LogP contribution in [0.1, 0.15) is 5.56 Å². The van der Waals surface area contributed by atoms with Gasteiger partial charge < -0.3 is 10.2 Å². The summed E-state index contributed by atoms with van der Waals surface area (Å²) >= 11 is 0. The predicted octanol–water partition coefficient (Wildman–Crippen LogP) is 0.990. The third kappa shape index (κ3) is 6.00. The van der Waals surface area contributed by atoms with Crippen LogP contribution in [0.3, 0.4) is 0 Å². The van der Waals surface area contributed by atoms with Gasteiger partial charge in [-0.2, -0.15) is 5.26 Å². The number of amides is 1. The van der Waals surface area contributed by atoms with Crippen LogP contribution >= 0.6 is 0 Å². The Bertz CT molecular complexity index is 465. The Morgan fingerprint density at radius 2 is 2.05 bits per heavy atom. The third-order valence-electron chi connectivity index (χ3n) is 2.62. The summed E-state index contributed by atoms with van der Waals surface area (Å²) in [5.74, 6) is -0.0728. The smallest absolute Gasteiger partial charge is 0.238 e. The van der Waals surface area contributed by atoms with Crippen molar-refractivity contribution in [3.63, 3.8) is 0 Å². The van der Waals surface area contributed by atoms with E-state index >= 15 is 0 Å². The Morgan fingerprint density at radius 3 is 2.68 bits per heavy atom. The Kier molecular flexibility index (Phi) is 6.00.